The van der Waals surface area contributed by atoms with E-state index in [9.17, 15) is 14.4 Å². The molecular formula is C26H24N2O5. The predicted octanol–water partition coefficient (Wildman–Crippen LogP) is 4.22. The minimum atomic E-state index is -0.360. The highest BCUT2D eigenvalue weighted by atomic mass is 16.5. The lowest BCUT2D eigenvalue weighted by molar-refractivity contribution is -0.123. The minimum Gasteiger partial charge on any atom is -0.489 e. The van der Waals surface area contributed by atoms with E-state index in [-0.39, 0.29) is 30.7 Å². The van der Waals surface area contributed by atoms with Crippen LogP contribution in [0.5, 0.6) is 11.5 Å². The minimum absolute atomic E-state index is 0.0465. The number of ether oxygens (including phenoxy) is 2. The second-order valence-electron chi connectivity index (χ2n) is 7.57. The molecule has 0 bridgehead atoms. The molecule has 2 amide bonds. The Hall–Kier alpha value is -4.13. The topological polar surface area (TPSA) is 84.9 Å². The summed E-state index contributed by atoms with van der Waals surface area (Å²) < 4.78 is 11.2. The number of carbonyl (C=O) groups is 3. The van der Waals surface area contributed by atoms with Gasteiger partial charge in [-0.05, 0) is 48.0 Å². The molecule has 7 heteroatoms. The third-order valence-corrected chi connectivity index (χ3v) is 5.23. The van der Waals surface area contributed by atoms with Gasteiger partial charge in [0.15, 0.2) is 12.4 Å². The first kappa shape index (κ1) is 22.1. The van der Waals surface area contributed by atoms with Gasteiger partial charge in [0.25, 0.3) is 5.91 Å². The third kappa shape index (κ3) is 5.38. The van der Waals surface area contributed by atoms with Gasteiger partial charge in [-0.1, -0.05) is 37.3 Å². The maximum Gasteiger partial charge on any atom is 0.265 e. The van der Waals surface area contributed by atoms with Crippen LogP contribution < -0.4 is 19.7 Å². The summed E-state index contributed by atoms with van der Waals surface area (Å²) in [5.41, 5.74) is 2.55. The van der Waals surface area contributed by atoms with E-state index in [1.807, 2.05) is 30.3 Å². The Morgan fingerprint density at radius 2 is 1.79 bits per heavy atom. The number of carbonyl (C=O) groups excluding carboxylic acids is 3. The van der Waals surface area contributed by atoms with Crippen LogP contribution in [0.4, 0.5) is 11.4 Å². The molecule has 0 radical (unpaired) electrons. The molecule has 0 spiro atoms. The zero-order valence-electron chi connectivity index (χ0n) is 18.2. The van der Waals surface area contributed by atoms with E-state index in [2.05, 4.69) is 5.32 Å². The van der Waals surface area contributed by atoms with Crippen LogP contribution in [0.2, 0.25) is 0 Å². The molecule has 3 aromatic rings. The van der Waals surface area contributed by atoms with Crippen LogP contribution in [0.1, 0.15) is 29.3 Å². The number of amides is 2. The fraction of sp³-hybridized carbons (Fsp3) is 0.192. The number of rotatable bonds is 8. The first-order chi connectivity index (χ1) is 16.0. The highest BCUT2D eigenvalue weighted by Gasteiger charge is 2.28. The molecule has 168 valence electrons. The Morgan fingerprint density at radius 3 is 2.52 bits per heavy atom. The molecule has 0 unspecified atom stereocenters. The maximum atomic E-state index is 12.7. The normalized spacial score (nSPS) is 12.5. The fourth-order valence-corrected chi connectivity index (χ4v) is 3.47. The van der Waals surface area contributed by atoms with E-state index in [0.717, 1.165) is 5.56 Å². The van der Waals surface area contributed by atoms with E-state index in [4.69, 9.17) is 9.47 Å². The van der Waals surface area contributed by atoms with Crippen molar-refractivity contribution in [2.45, 2.75) is 20.0 Å². The highest BCUT2D eigenvalue weighted by Crippen LogP contribution is 2.33. The van der Waals surface area contributed by atoms with E-state index in [0.29, 0.717) is 41.5 Å². The van der Waals surface area contributed by atoms with Gasteiger partial charge >= 0.3 is 0 Å². The van der Waals surface area contributed by atoms with Crippen LogP contribution in [0.3, 0.4) is 0 Å². The number of benzene rings is 3. The van der Waals surface area contributed by atoms with Crippen molar-refractivity contribution in [3.8, 4) is 11.5 Å². The summed E-state index contributed by atoms with van der Waals surface area (Å²) in [5.74, 6) is 0.400. The largest absolute Gasteiger partial charge is 0.489 e. The van der Waals surface area contributed by atoms with E-state index in [1.165, 1.54) is 4.90 Å². The third-order valence-electron chi connectivity index (χ3n) is 5.23. The maximum absolute atomic E-state index is 12.7. The summed E-state index contributed by atoms with van der Waals surface area (Å²) in [6.07, 6.45) is 0.346. The smallest absolute Gasteiger partial charge is 0.265 e. The molecule has 1 aliphatic rings. The van der Waals surface area contributed by atoms with Crippen molar-refractivity contribution in [3.05, 3.63) is 83.9 Å². The Bertz CT molecular complexity index is 1160. The molecular weight excluding hydrogens is 420 g/mol. The molecule has 3 aromatic carbocycles. The van der Waals surface area contributed by atoms with Gasteiger partial charge in [-0.15, -0.1) is 0 Å². The van der Waals surface area contributed by atoms with Crippen molar-refractivity contribution in [1.29, 1.82) is 0 Å². The van der Waals surface area contributed by atoms with Crippen molar-refractivity contribution < 1.29 is 23.9 Å². The van der Waals surface area contributed by atoms with Crippen molar-refractivity contribution in [2.24, 2.45) is 0 Å². The lowest BCUT2D eigenvalue weighted by atomic mass is 10.1. The predicted molar refractivity (Wildman–Crippen MR) is 125 cm³/mol. The summed E-state index contributed by atoms with van der Waals surface area (Å²) in [4.78, 5) is 38.5. The molecule has 33 heavy (non-hydrogen) atoms. The average Bonchev–Trinajstić information content (AvgIpc) is 2.85. The Labute approximate surface area is 191 Å². The van der Waals surface area contributed by atoms with Crippen molar-refractivity contribution in [2.75, 3.05) is 23.4 Å². The SMILES string of the molecule is CCC(=O)c1ccc2c(c1)N(CC(=O)Nc1ccc(OCc3ccccc3)cc1)C(=O)CO2. The van der Waals surface area contributed by atoms with Gasteiger partial charge in [0, 0.05) is 17.7 Å². The first-order valence-corrected chi connectivity index (χ1v) is 10.7. The standard InChI is InChI=1S/C26H24N2O5/c1-2-23(29)19-8-13-24-22(14-19)28(26(31)17-33-24)15-25(30)27-20-9-11-21(12-10-20)32-16-18-6-4-3-5-7-18/h3-14H,2,15-17H2,1H3,(H,27,30). The summed E-state index contributed by atoms with van der Waals surface area (Å²) in [6, 6.07) is 21.8. The quantitative estimate of drug-likeness (QED) is 0.526. The number of nitrogens with zero attached hydrogens (tertiary/aromatic N) is 1. The molecule has 0 saturated heterocycles. The summed E-state index contributed by atoms with van der Waals surface area (Å²) in [5, 5.41) is 2.79. The molecule has 0 aromatic heterocycles. The molecule has 7 nitrogen and oxygen atoms in total. The van der Waals surface area contributed by atoms with E-state index in [1.54, 1.807) is 49.4 Å². The molecule has 0 aliphatic carbocycles. The number of hydrogen-bond acceptors (Lipinski definition) is 5. The van der Waals surface area contributed by atoms with Gasteiger partial charge in [0.05, 0.1) is 5.69 Å². The number of Topliss-reactive ketones (excluding diaryl/α,β-unsaturated/α-hetero) is 1. The number of ketones is 1. The number of nitrogens with one attached hydrogen (secondary N) is 1. The number of anilines is 2. The van der Waals surface area contributed by atoms with Gasteiger partial charge in [0.1, 0.15) is 24.7 Å². The van der Waals surface area contributed by atoms with E-state index >= 15 is 0 Å². The monoisotopic (exact) mass is 444 g/mol. The van der Waals surface area contributed by atoms with Crippen molar-refractivity contribution in [3.63, 3.8) is 0 Å². The van der Waals surface area contributed by atoms with Crippen LogP contribution in [-0.4, -0.2) is 30.7 Å². The van der Waals surface area contributed by atoms with Crippen LogP contribution in [0.25, 0.3) is 0 Å². The van der Waals surface area contributed by atoms with Crippen LogP contribution in [0, 0.1) is 0 Å². The molecule has 1 aliphatic heterocycles. The average molecular weight is 444 g/mol. The lowest BCUT2D eigenvalue weighted by Crippen LogP contribution is -2.43. The Balaban J connectivity index is 1.39. The van der Waals surface area contributed by atoms with Crippen LogP contribution in [0.15, 0.2) is 72.8 Å². The van der Waals surface area contributed by atoms with E-state index < -0.39 is 0 Å². The van der Waals surface area contributed by atoms with Gasteiger partial charge < -0.3 is 14.8 Å². The van der Waals surface area contributed by atoms with Crippen LogP contribution in [-0.2, 0) is 16.2 Å². The fourth-order valence-electron chi connectivity index (χ4n) is 3.47. The molecule has 1 N–H and O–H groups in total. The second kappa shape index (κ2) is 9.99. The highest BCUT2D eigenvalue weighted by molar-refractivity contribution is 6.06. The molecule has 0 atom stereocenters. The van der Waals surface area contributed by atoms with Crippen molar-refractivity contribution >= 4 is 29.0 Å². The zero-order chi connectivity index (χ0) is 23.2. The van der Waals surface area contributed by atoms with Gasteiger partial charge in [0.2, 0.25) is 5.91 Å². The Kier molecular flexibility index (Phi) is 6.69. The summed E-state index contributed by atoms with van der Waals surface area (Å²) in [6.45, 7) is 1.88. The van der Waals surface area contributed by atoms with Crippen molar-refractivity contribution in [1.82, 2.24) is 0 Å². The van der Waals surface area contributed by atoms with Gasteiger partial charge in [-0.2, -0.15) is 0 Å². The number of fused-ring (bicyclic) bond motifs is 1. The van der Waals surface area contributed by atoms with Crippen LogP contribution >= 0.6 is 0 Å². The zero-order valence-corrected chi connectivity index (χ0v) is 18.2. The second-order valence-corrected chi connectivity index (χ2v) is 7.57. The lowest BCUT2D eigenvalue weighted by Gasteiger charge is -2.29. The molecule has 0 fully saturated rings. The molecule has 1 heterocycles. The number of hydrogen-bond donors (Lipinski definition) is 1. The first-order valence-electron chi connectivity index (χ1n) is 10.7. The molecule has 4 rings (SSSR count). The Morgan fingerprint density at radius 1 is 1.03 bits per heavy atom. The summed E-state index contributed by atoms with van der Waals surface area (Å²) >= 11 is 0. The summed E-state index contributed by atoms with van der Waals surface area (Å²) in [7, 11) is 0. The van der Waals surface area contributed by atoms with Gasteiger partial charge in [-0.25, -0.2) is 0 Å². The van der Waals surface area contributed by atoms with Gasteiger partial charge in [-0.3, -0.25) is 19.3 Å². The molecule has 0 saturated carbocycles.